The number of ether oxygens (including phenoxy) is 2. The Balaban J connectivity index is 1.85. The lowest BCUT2D eigenvalue weighted by Gasteiger charge is -2.18. The minimum Gasteiger partial charge on any atom is -0.423 e. The number of halogens is 3. The number of benzene rings is 2. The quantitative estimate of drug-likeness (QED) is 0.194. The number of hydrogen-bond acceptors (Lipinski definition) is 6. The van der Waals surface area contributed by atoms with E-state index in [2.05, 4.69) is 22.6 Å². The van der Waals surface area contributed by atoms with Gasteiger partial charge < -0.3 is 9.47 Å². The van der Waals surface area contributed by atoms with Crippen LogP contribution in [-0.4, -0.2) is 24.9 Å². The van der Waals surface area contributed by atoms with Gasteiger partial charge in [0.05, 0.1) is 0 Å². The van der Waals surface area contributed by atoms with Crippen molar-refractivity contribution in [3.05, 3.63) is 58.3 Å². The summed E-state index contributed by atoms with van der Waals surface area (Å²) in [5.74, 6) is -0.755. The van der Waals surface area contributed by atoms with E-state index in [9.17, 15) is 22.6 Å². The molecule has 0 amide bonds. The van der Waals surface area contributed by atoms with Gasteiger partial charge in [0.2, 0.25) is 0 Å². The Kier molecular flexibility index (Phi) is 8.37. The number of esters is 2. The standard InChI is InChI=1S/C20H15I3O7S/c21-11-5-7-12(8-6-11)29-19(24)14-3-1-2-4-15(14)20(25)30-13-9-16(22)18(17(23)10-13)31(26,27)28/h5-10H,1-4H2,(H,26,27,28). The SMILES string of the molecule is O=C(Oc1ccc(I)cc1)C1=C(C(=O)Oc2cc(I)c(S(=O)(=O)O)c(I)c2)CCCC1. The minimum atomic E-state index is -4.41. The van der Waals surface area contributed by atoms with Crippen LogP contribution in [0.3, 0.4) is 0 Å². The average Bonchev–Trinajstić information content (AvgIpc) is 2.68. The zero-order chi connectivity index (χ0) is 22.8. The molecule has 11 heteroatoms. The maximum absolute atomic E-state index is 12.8. The second kappa shape index (κ2) is 10.4. The van der Waals surface area contributed by atoms with E-state index < -0.39 is 22.1 Å². The molecule has 1 aliphatic carbocycles. The second-order valence-corrected chi connectivity index (χ2v) is 11.5. The van der Waals surface area contributed by atoms with Gasteiger partial charge >= 0.3 is 11.9 Å². The van der Waals surface area contributed by atoms with Crippen LogP contribution in [-0.2, 0) is 19.7 Å². The third kappa shape index (κ3) is 6.39. The van der Waals surface area contributed by atoms with E-state index in [1.807, 2.05) is 12.1 Å². The van der Waals surface area contributed by atoms with Crippen LogP contribution in [0, 0.1) is 10.7 Å². The van der Waals surface area contributed by atoms with E-state index in [-0.39, 0.29) is 28.9 Å². The van der Waals surface area contributed by atoms with E-state index in [1.54, 1.807) is 57.3 Å². The summed E-state index contributed by atoms with van der Waals surface area (Å²) in [4.78, 5) is 25.3. The van der Waals surface area contributed by atoms with Gasteiger partial charge in [0, 0.05) is 21.9 Å². The normalized spacial score (nSPS) is 14.3. The first-order valence-electron chi connectivity index (χ1n) is 8.94. The first-order valence-corrected chi connectivity index (χ1v) is 13.6. The molecule has 0 radical (unpaired) electrons. The fraction of sp³-hybridized carbons (Fsp3) is 0.200. The van der Waals surface area contributed by atoms with Crippen LogP contribution in [0.15, 0.2) is 52.4 Å². The van der Waals surface area contributed by atoms with Crippen molar-refractivity contribution in [2.75, 3.05) is 0 Å². The molecule has 7 nitrogen and oxygen atoms in total. The number of carbonyl (C=O) groups is 2. The van der Waals surface area contributed by atoms with Crippen molar-refractivity contribution in [1.82, 2.24) is 0 Å². The molecular weight excluding hydrogens is 765 g/mol. The van der Waals surface area contributed by atoms with E-state index >= 15 is 0 Å². The van der Waals surface area contributed by atoms with Crippen molar-refractivity contribution in [2.45, 2.75) is 30.6 Å². The number of hydrogen-bond donors (Lipinski definition) is 1. The minimum absolute atomic E-state index is 0.120. The summed E-state index contributed by atoms with van der Waals surface area (Å²) in [7, 11) is -4.41. The predicted molar refractivity (Wildman–Crippen MR) is 138 cm³/mol. The molecule has 3 rings (SSSR count). The summed E-state index contributed by atoms with van der Waals surface area (Å²) >= 11 is 5.64. The van der Waals surface area contributed by atoms with Crippen molar-refractivity contribution in [3.8, 4) is 11.5 Å². The molecule has 0 unspecified atom stereocenters. The van der Waals surface area contributed by atoms with Crippen LogP contribution in [0.5, 0.6) is 11.5 Å². The Labute approximate surface area is 220 Å². The number of carbonyl (C=O) groups excluding carboxylic acids is 2. The van der Waals surface area contributed by atoms with Crippen molar-refractivity contribution < 1.29 is 32.0 Å². The lowest BCUT2D eigenvalue weighted by Crippen LogP contribution is -2.22. The van der Waals surface area contributed by atoms with Gasteiger partial charge in [-0.1, -0.05) is 0 Å². The van der Waals surface area contributed by atoms with Gasteiger partial charge in [-0.3, -0.25) is 4.55 Å². The van der Waals surface area contributed by atoms with Gasteiger partial charge in [0.25, 0.3) is 10.1 Å². The van der Waals surface area contributed by atoms with Crippen LogP contribution in [0.25, 0.3) is 0 Å². The molecular formula is C20H15I3O7S. The molecule has 1 N–H and O–H groups in total. The predicted octanol–water partition coefficient (Wildman–Crippen LogP) is 5.13. The Morgan fingerprint density at radius 2 is 1.26 bits per heavy atom. The van der Waals surface area contributed by atoms with Gasteiger partial charge in [0.15, 0.2) is 0 Å². The molecule has 0 aromatic heterocycles. The van der Waals surface area contributed by atoms with Crippen LogP contribution < -0.4 is 9.47 Å². The highest BCUT2D eigenvalue weighted by Crippen LogP contribution is 2.32. The van der Waals surface area contributed by atoms with Gasteiger partial charge in [-0.05, 0) is 130 Å². The molecule has 0 saturated carbocycles. The average molecular weight is 780 g/mol. The smallest absolute Gasteiger partial charge is 0.339 e. The number of rotatable bonds is 5. The fourth-order valence-corrected chi connectivity index (χ4v) is 7.39. The van der Waals surface area contributed by atoms with Crippen LogP contribution in [0.4, 0.5) is 0 Å². The largest absolute Gasteiger partial charge is 0.423 e. The molecule has 31 heavy (non-hydrogen) atoms. The highest BCUT2D eigenvalue weighted by Gasteiger charge is 2.27. The zero-order valence-electron chi connectivity index (χ0n) is 15.7. The molecule has 0 heterocycles. The van der Waals surface area contributed by atoms with Crippen LogP contribution >= 0.6 is 67.8 Å². The van der Waals surface area contributed by atoms with Crippen LogP contribution in [0.1, 0.15) is 25.7 Å². The molecule has 164 valence electrons. The highest BCUT2D eigenvalue weighted by molar-refractivity contribution is 14.1. The Hall–Kier alpha value is -0.780. The fourth-order valence-electron chi connectivity index (χ4n) is 3.04. The maximum Gasteiger partial charge on any atom is 0.339 e. The molecule has 0 bridgehead atoms. The Morgan fingerprint density at radius 1 is 0.806 bits per heavy atom. The lowest BCUT2D eigenvalue weighted by molar-refractivity contribution is -0.133. The Bertz CT molecular complexity index is 1150. The summed E-state index contributed by atoms with van der Waals surface area (Å²) in [6.07, 6.45) is 2.28. The first kappa shape index (κ1) is 24.9. The lowest BCUT2D eigenvalue weighted by atomic mass is 9.91. The topological polar surface area (TPSA) is 107 Å². The van der Waals surface area contributed by atoms with E-state index in [0.717, 1.165) is 16.4 Å². The molecule has 0 saturated heterocycles. The van der Waals surface area contributed by atoms with E-state index in [4.69, 9.17) is 9.47 Å². The van der Waals surface area contributed by atoms with Crippen molar-refractivity contribution >= 4 is 89.8 Å². The Morgan fingerprint density at radius 3 is 1.71 bits per heavy atom. The summed E-state index contributed by atoms with van der Waals surface area (Å²) in [5, 5.41) is 0. The molecule has 0 fully saturated rings. The van der Waals surface area contributed by atoms with Gasteiger partial charge in [0.1, 0.15) is 16.4 Å². The summed E-state index contributed by atoms with van der Waals surface area (Å²) < 4.78 is 44.7. The third-order valence-electron chi connectivity index (χ3n) is 4.43. The first-order chi connectivity index (χ1) is 14.6. The summed E-state index contributed by atoms with van der Waals surface area (Å²) in [6.45, 7) is 0. The molecule has 1 aliphatic rings. The van der Waals surface area contributed by atoms with Crippen molar-refractivity contribution in [1.29, 1.82) is 0 Å². The summed E-state index contributed by atoms with van der Waals surface area (Å²) in [5.41, 5.74) is 0.541. The maximum atomic E-state index is 12.8. The van der Waals surface area contributed by atoms with Gasteiger partial charge in [-0.15, -0.1) is 0 Å². The van der Waals surface area contributed by atoms with Crippen molar-refractivity contribution in [2.24, 2.45) is 0 Å². The molecule has 2 aromatic rings. The molecule has 2 aromatic carbocycles. The highest BCUT2D eigenvalue weighted by atomic mass is 127. The second-order valence-electron chi connectivity index (χ2n) is 6.59. The molecule has 0 aliphatic heterocycles. The van der Waals surface area contributed by atoms with E-state index in [1.165, 1.54) is 12.1 Å². The zero-order valence-corrected chi connectivity index (χ0v) is 23.0. The van der Waals surface area contributed by atoms with Crippen LogP contribution in [0.2, 0.25) is 0 Å². The van der Waals surface area contributed by atoms with Gasteiger partial charge in [-0.25, -0.2) is 9.59 Å². The monoisotopic (exact) mass is 780 g/mol. The third-order valence-corrected chi connectivity index (χ3v) is 8.53. The summed E-state index contributed by atoms with van der Waals surface area (Å²) in [6, 6.07) is 9.68. The van der Waals surface area contributed by atoms with Gasteiger partial charge in [-0.2, -0.15) is 8.42 Å². The molecule has 0 spiro atoms. The van der Waals surface area contributed by atoms with E-state index in [0.29, 0.717) is 18.6 Å². The van der Waals surface area contributed by atoms with Crippen molar-refractivity contribution in [3.63, 3.8) is 0 Å². The molecule has 0 atom stereocenters.